The summed E-state index contributed by atoms with van der Waals surface area (Å²) >= 11 is 0. The van der Waals surface area contributed by atoms with Gasteiger partial charge in [-0.3, -0.25) is 14.5 Å². The summed E-state index contributed by atoms with van der Waals surface area (Å²) in [5.41, 5.74) is -1.30. The Morgan fingerprint density at radius 1 is 1.23 bits per heavy atom. The van der Waals surface area contributed by atoms with Crippen molar-refractivity contribution in [2.75, 3.05) is 0 Å². The predicted octanol–water partition coefficient (Wildman–Crippen LogP) is 5.13. The average molecular weight is 436 g/mol. The highest BCUT2D eigenvalue weighted by Gasteiger charge is 2.38. The fourth-order valence-electron chi connectivity index (χ4n) is 3.87. The fourth-order valence-corrected chi connectivity index (χ4v) is 3.87. The minimum atomic E-state index is -4.56. The Balaban J connectivity index is 1.91. The molecule has 3 aromatic rings. The summed E-state index contributed by atoms with van der Waals surface area (Å²) in [6, 6.07) is 6.93. The van der Waals surface area contributed by atoms with Crippen molar-refractivity contribution in [2.45, 2.75) is 52.4 Å². The zero-order valence-electron chi connectivity index (χ0n) is 17.7. The van der Waals surface area contributed by atoms with E-state index in [1.165, 1.54) is 31.3 Å². The third-order valence-corrected chi connectivity index (χ3v) is 4.89. The molecule has 1 amide bonds. The molecule has 5 nitrogen and oxygen atoms in total. The highest BCUT2D eigenvalue weighted by molar-refractivity contribution is 5.97. The Hall–Kier alpha value is -2.97. The number of nitrogens with zero attached hydrogens (tertiary/aromatic N) is 3. The van der Waals surface area contributed by atoms with Crippen LogP contribution in [0.1, 0.15) is 48.9 Å². The highest BCUT2D eigenvalue weighted by atomic mass is 19.4. The summed E-state index contributed by atoms with van der Waals surface area (Å²) in [6.07, 6.45) is -2.88. The normalized spacial score (nSPS) is 14.1. The van der Waals surface area contributed by atoms with Crippen molar-refractivity contribution in [3.05, 3.63) is 59.3 Å². The van der Waals surface area contributed by atoms with Gasteiger partial charge in [0.2, 0.25) is 0 Å². The van der Waals surface area contributed by atoms with Crippen LogP contribution in [0.5, 0.6) is 0 Å². The lowest BCUT2D eigenvalue weighted by atomic mass is 9.90. The van der Waals surface area contributed by atoms with Gasteiger partial charge in [0.05, 0.1) is 23.3 Å². The van der Waals surface area contributed by atoms with E-state index in [1.54, 1.807) is 13.0 Å². The van der Waals surface area contributed by atoms with Crippen LogP contribution in [0.2, 0.25) is 0 Å². The Kier molecular flexibility index (Phi) is 6.07. The van der Waals surface area contributed by atoms with Crippen LogP contribution in [0.3, 0.4) is 0 Å². The number of amides is 1. The molecular weight excluding hydrogens is 412 g/mol. The number of benzene rings is 1. The Bertz CT molecular complexity index is 1110. The fraction of sp³-hybridized carbons (Fsp3) is 0.409. The van der Waals surface area contributed by atoms with Crippen molar-refractivity contribution >= 4 is 16.8 Å². The number of pyridine rings is 1. The first kappa shape index (κ1) is 22.7. The van der Waals surface area contributed by atoms with Crippen LogP contribution in [-0.4, -0.2) is 26.2 Å². The number of hydrogen-bond donors (Lipinski definition) is 1. The molecule has 0 aliphatic carbocycles. The number of aromatic nitrogens is 3. The van der Waals surface area contributed by atoms with E-state index < -0.39 is 29.1 Å². The molecule has 1 N–H and O–H groups in total. The largest absolute Gasteiger partial charge is 0.433 e. The monoisotopic (exact) mass is 436 g/mol. The van der Waals surface area contributed by atoms with Crippen LogP contribution >= 0.6 is 0 Å². The van der Waals surface area contributed by atoms with E-state index in [0.717, 1.165) is 10.7 Å². The van der Waals surface area contributed by atoms with Crippen molar-refractivity contribution in [3.63, 3.8) is 0 Å². The first-order chi connectivity index (χ1) is 14.4. The van der Waals surface area contributed by atoms with Gasteiger partial charge < -0.3 is 5.32 Å². The standard InChI is InChI=1S/C22H24F4N4O/c1-13(2)10-21(4,12-30-18(22(24,25)26)8-14(3)29-30)28-20(31)16-9-15-6-5-7-17(23)19(15)27-11-16/h5-9,11,13H,10,12H2,1-4H3,(H,28,31). The van der Waals surface area contributed by atoms with E-state index in [-0.39, 0.29) is 29.2 Å². The first-order valence-electron chi connectivity index (χ1n) is 9.86. The van der Waals surface area contributed by atoms with E-state index in [2.05, 4.69) is 15.4 Å². The zero-order chi connectivity index (χ0) is 23.0. The van der Waals surface area contributed by atoms with E-state index in [1.807, 2.05) is 13.8 Å². The summed E-state index contributed by atoms with van der Waals surface area (Å²) < 4.78 is 55.0. The van der Waals surface area contributed by atoms with Gasteiger partial charge in [-0.25, -0.2) is 4.39 Å². The van der Waals surface area contributed by atoms with Crippen molar-refractivity contribution in [2.24, 2.45) is 5.92 Å². The lowest BCUT2D eigenvalue weighted by molar-refractivity contribution is -0.144. The number of carbonyl (C=O) groups is 1. The Labute approximate surface area is 177 Å². The van der Waals surface area contributed by atoms with Crippen molar-refractivity contribution in [3.8, 4) is 0 Å². The third kappa shape index (κ3) is 5.21. The topological polar surface area (TPSA) is 59.8 Å². The van der Waals surface area contributed by atoms with Gasteiger partial charge in [-0.1, -0.05) is 26.0 Å². The van der Waals surface area contributed by atoms with E-state index in [4.69, 9.17) is 0 Å². The maximum atomic E-state index is 13.8. The number of hydrogen-bond acceptors (Lipinski definition) is 3. The number of para-hydroxylation sites is 1. The molecule has 0 aliphatic rings. The lowest BCUT2D eigenvalue weighted by Crippen LogP contribution is -2.50. The van der Waals surface area contributed by atoms with E-state index in [9.17, 15) is 22.4 Å². The van der Waals surface area contributed by atoms with Gasteiger partial charge in [0.1, 0.15) is 17.0 Å². The molecule has 1 unspecified atom stereocenters. The molecule has 0 bridgehead atoms. The molecule has 166 valence electrons. The average Bonchev–Trinajstić information content (AvgIpc) is 3.00. The van der Waals surface area contributed by atoms with Crippen molar-refractivity contribution < 1.29 is 22.4 Å². The van der Waals surface area contributed by atoms with Gasteiger partial charge in [-0.05, 0) is 44.4 Å². The predicted molar refractivity (Wildman–Crippen MR) is 109 cm³/mol. The maximum Gasteiger partial charge on any atom is 0.433 e. The van der Waals surface area contributed by atoms with Gasteiger partial charge >= 0.3 is 6.18 Å². The van der Waals surface area contributed by atoms with E-state index >= 15 is 0 Å². The molecule has 0 radical (unpaired) electrons. The third-order valence-electron chi connectivity index (χ3n) is 4.89. The smallest absolute Gasteiger partial charge is 0.345 e. The molecule has 9 heteroatoms. The number of halogens is 4. The van der Waals surface area contributed by atoms with Gasteiger partial charge in [-0.15, -0.1) is 0 Å². The number of aryl methyl sites for hydroxylation is 1. The van der Waals surface area contributed by atoms with Crippen molar-refractivity contribution in [1.82, 2.24) is 20.1 Å². The van der Waals surface area contributed by atoms with Gasteiger partial charge in [0, 0.05) is 11.6 Å². The lowest BCUT2D eigenvalue weighted by Gasteiger charge is -2.33. The molecule has 0 saturated heterocycles. The zero-order valence-corrected chi connectivity index (χ0v) is 17.7. The molecule has 0 spiro atoms. The van der Waals surface area contributed by atoms with Crippen LogP contribution in [0.4, 0.5) is 17.6 Å². The summed E-state index contributed by atoms with van der Waals surface area (Å²) in [5.74, 6) is -0.901. The van der Waals surface area contributed by atoms with Crippen LogP contribution in [0.25, 0.3) is 10.9 Å². The molecular formula is C22H24F4N4O. The number of fused-ring (bicyclic) bond motifs is 1. The number of rotatable bonds is 6. The SMILES string of the molecule is Cc1cc(C(F)(F)F)n(CC(C)(CC(C)C)NC(=O)c2cnc3c(F)cccc3c2)n1. The minimum absolute atomic E-state index is 0.0973. The van der Waals surface area contributed by atoms with Crippen LogP contribution in [0, 0.1) is 18.7 Å². The van der Waals surface area contributed by atoms with Crippen LogP contribution in [-0.2, 0) is 12.7 Å². The minimum Gasteiger partial charge on any atom is -0.345 e. The summed E-state index contributed by atoms with van der Waals surface area (Å²) in [5, 5.41) is 7.31. The maximum absolute atomic E-state index is 13.8. The molecule has 1 atom stereocenters. The second-order valence-electron chi connectivity index (χ2n) is 8.47. The number of carbonyl (C=O) groups excluding carboxylic acids is 1. The molecule has 31 heavy (non-hydrogen) atoms. The Morgan fingerprint density at radius 3 is 2.58 bits per heavy atom. The number of nitrogens with one attached hydrogen (secondary N) is 1. The quantitative estimate of drug-likeness (QED) is 0.545. The molecule has 3 rings (SSSR count). The second-order valence-corrected chi connectivity index (χ2v) is 8.47. The van der Waals surface area contributed by atoms with Gasteiger partial charge in [0.25, 0.3) is 5.91 Å². The highest BCUT2D eigenvalue weighted by Crippen LogP contribution is 2.31. The summed E-state index contributed by atoms with van der Waals surface area (Å²) in [6.45, 7) is 6.86. The van der Waals surface area contributed by atoms with Crippen LogP contribution in [0.15, 0.2) is 36.5 Å². The second kappa shape index (κ2) is 8.28. The van der Waals surface area contributed by atoms with Gasteiger partial charge in [-0.2, -0.15) is 18.3 Å². The van der Waals surface area contributed by atoms with Crippen LogP contribution < -0.4 is 5.32 Å². The van der Waals surface area contributed by atoms with Gasteiger partial charge in [0.15, 0.2) is 0 Å². The summed E-state index contributed by atoms with van der Waals surface area (Å²) in [4.78, 5) is 17.0. The molecule has 2 heterocycles. The molecule has 0 saturated carbocycles. The molecule has 0 aliphatic heterocycles. The first-order valence-corrected chi connectivity index (χ1v) is 9.86. The summed E-state index contributed by atoms with van der Waals surface area (Å²) in [7, 11) is 0. The van der Waals surface area contributed by atoms with E-state index in [0.29, 0.717) is 11.8 Å². The molecule has 1 aromatic carbocycles. The number of alkyl halides is 3. The molecule has 2 aromatic heterocycles. The Morgan fingerprint density at radius 2 is 1.94 bits per heavy atom. The molecule has 0 fully saturated rings. The van der Waals surface area contributed by atoms with Crippen molar-refractivity contribution in [1.29, 1.82) is 0 Å².